The van der Waals surface area contributed by atoms with Gasteiger partial charge in [-0.3, -0.25) is 0 Å². The summed E-state index contributed by atoms with van der Waals surface area (Å²) in [6, 6.07) is 6.80. The van der Waals surface area contributed by atoms with Crippen LogP contribution in [-0.4, -0.2) is 25.4 Å². The minimum Gasteiger partial charge on any atom is -0.393 e. The molecule has 0 fully saturated rings. The Kier molecular flexibility index (Phi) is 4.71. The molecule has 0 aliphatic heterocycles. The molecule has 1 N–H and O–H groups in total. The van der Waals surface area contributed by atoms with Gasteiger partial charge in [0.1, 0.15) is 0 Å². The van der Waals surface area contributed by atoms with E-state index in [2.05, 4.69) is 0 Å². The zero-order chi connectivity index (χ0) is 13.1. The molecule has 17 heavy (non-hydrogen) atoms. The fourth-order valence-corrected chi connectivity index (χ4v) is 2.97. The van der Waals surface area contributed by atoms with E-state index in [-0.39, 0.29) is 11.7 Å². The summed E-state index contributed by atoms with van der Waals surface area (Å²) in [6.07, 6.45) is 0.182. The van der Waals surface area contributed by atoms with Crippen LogP contribution in [0, 0.1) is 0 Å². The van der Waals surface area contributed by atoms with Crippen LogP contribution >= 0.6 is 0 Å². The van der Waals surface area contributed by atoms with E-state index >= 15 is 0 Å². The minimum absolute atomic E-state index is 0.0120. The Morgan fingerprint density at radius 1 is 1.18 bits per heavy atom. The van der Waals surface area contributed by atoms with Gasteiger partial charge in [-0.05, 0) is 31.0 Å². The molecule has 4 heteroatoms. The van der Waals surface area contributed by atoms with E-state index in [0.29, 0.717) is 11.3 Å². The Morgan fingerprint density at radius 3 is 2.12 bits per heavy atom. The largest absolute Gasteiger partial charge is 0.393 e. The maximum Gasteiger partial charge on any atom is 0.178 e. The molecule has 0 saturated heterocycles. The normalized spacial score (nSPS) is 15.5. The number of hydrogen-bond donors (Lipinski definition) is 1. The second-order valence-electron chi connectivity index (χ2n) is 4.42. The summed E-state index contributed by atoms with van der Waals surface area (Å²) >= 11 is 0. The maximum atomic E-state index is 11.8. The van der Waals surface area contributed by atoms with Crippen molar-refractivity contribution in [3.63, 3.8) is 0 Å². The van der Waals surface area contributed by atoms with Crippen LogP contribution in [0.25, 0.3) is 0 Å². The van der Waals surface area contributed by atoms with Crippen LogP contribution < -0.4 is 0 Å². The average Bonchev–Trinajstić information content (AvgIpc) is 2.28. The first kappa shape index (κ1) is 14.2. The topological polar surface area (TPSA) is 54.4 Å². The monoisotopic (exact) mass is 256 g/mol. The summed E-state index contributed by atoms with van der Waals surface area (Å²) < 4.78 is 23.6. The highest BCUT2D eigenvalue weighted by molar-refractivity contribution is 7.91. The predicted octanol–water partition coefficient (Wildman–Crippen LogP) is 2.35. The highest BCUT2D eigenvalue weighted by Crippen LogP contribution is 2.21. The highest BCUT2D eigenvalue weighted by atomic mass is 32.2. The quantitative estimate of drug-likeness (QED) is 0.880. The molecule has 0 aliphatic carbocycles. The lowest BCUT2D eigenvalue weighted by atomic mass is 9.97. The fourth-order valence-electron chi connectivity index (χ4n) is 1.64. The van der Waals surface area contributed by atoms with Gasteiger partial charge >= 0.3 is 0 Å². The van der Waals surface area contributed by atoms with Gasteiger partial charge in [-0.25, -0.2) is 8.42 Å². The zero-order valence-electron chi connectivity index (χ0n) is 10.6. The molecule has 1 aromatic carbocycles. The van der Waals surface area contributed by atoms with Gasteiger partial charge in [0.05, 0.1) is 16.8 Å². The van der Waals surface area contributed by atoms with Crippen LogP contribution in [0.1, 0.15) is 38.7 Å². The van der Waals surface area contributed by atoms with E-state index in [1.54, 1.807) is 31.2 Å². The van der Waals surface area contributed by atoms with Crippen LogP contribution in [0.4, 0.5) is 0 Å². The molecule has 2 atom stereocenters. The lowest BCUT2D eigenvalue weighted by Crippen LogP contribution is -2.11. The number of benzene rings is 1. The SMILES string of the molecule is CCCS(=O)(=O)c1ccc(C(C)C(C)O)cc1. The van der Waals surface area contributed by atoms with Crippen molar-refractivity contribution < 1.29 is 13.5 Å². The minimum atomic E-state index is -3.14. The van der Waals surface area contributed by atoms with Crippen LogP contribution in [-0.2, 0) is 9.84 Å². The van der Waals surface area contributed by atoms with Crippen molar-refractivity contribution in [3.05, 3.63) is 29.8 Å². The Bertz CT molecular complexity index is 446. The summed E-state index contributed by atoms with van der Waals surface area (Å²) in [5.41, 5.74) is 0.954. The molecule has 3 nitrogen and oxygen atoms in total. The van der Waals surface area contributed by atoms with Gasteiger partial charge in [0.25, 0.3) is 0 Å². The number of hydrogen-bond acceptors (Lipinski definition) is 3. The molecule has 96 valence electrons. The van der Waals surface area contributed by atoms with Crippen molar-refractivity contribution in [1.82, 2.24) is 0 Å². The molecule has 0 aromatic heterocycles. The van der Waals surface area contributed by atoms with E-state index in [9.17, 15) is 13.5 Å². The average molecular weight is 256 g/mol. The standard InChI is InChI=1S/C13H20O3S/c1-4-9-17(15,16)13-7-5-12(6-8-13)10(2)11(3)14/h5-8,10-11,14H,4,9H2,1-3H3. The molecule has 1 aromatic rings. The number of sulfone groups is 1. The van der Waals surface area contributed by atoms with E-state index in [1.807, 2.05) is 13.8 Å². The predicted molar refractivity (Wildman–Crippen MR) is 68.9 cm³/mol. The van der Waals surface area contributed by atoms with E-state index in [1.165, 1.54) is 0 Å². The molecule has 0 aliphatic rings. The first-order valence-corrected chi connectivity index (χ1v) is 7.54. The third-order valence-corrected chi connectivity index (χ3v) is 4.90. The maximum absolute atomic E-state index is 11.8. The van der Waals surface area contributed by atoms with Gasteiger partial charge in [0.2, 0.25) is 0 Å². The lowest BCUT2D eigenvalue weighted by molar-refractivity contribution is 0.169. The second kappa shape index (κ2) is 5.65. The molecule has 1 rings (SSSR count). The molecule has 0 bridgehead atoms. The Morgan fingerprint density at radius 2 is 1.71 bits per heavy atom. The lowest BCUT2D eigenvalue weighted by Gasteiger charge is -2.15. The van der Waals surface area contributed by atoms with Crippen LogP contribution in [0.5, 0.6) is 0 Å². The van der Waals surface area contributed by atoms with Gasteiger partial charge in [0, 0.05) is 5.92 Å². The fraction of sp³-hybridized carbons (Fsp3) is 0.538. The molecule has 0 spiro atoms. The molecule has 0 saturated carbocycles. The summed E-state index contributed by atoms with van der Waals surface area (Å²) in [5.74, 6) is 0.191. The zero-order valence-corrected chi connectivity index (χ0v) is 11.4. The summed E-state index contributed by atoms with van der Waals surface area (Å²) in [4.78, 5) is 0.362. The summed E-state index contributed by atoms with van der Waals surface area (Å²) in [5, 5.41) is 9.47. The first-order chi connectivity index (χ1) is 7.88. The van der Waals surface area contributed by atoms with Gasteiger partial charge < -0.3 is 5.11 Å². The Labute approximate surface area is 103 Å². The van der Waals surface area contributed by atoms with Crippen LogP contribution in [0.3, 0.4) is 0 Å². The molecule has 2 unspecified atom stereocenters. The van der Waals surface area contributed by atoms with Crippen molar-refractivity contribution in [2.75, 3.05) is 5.75 Å². The van der Waals surface area contributed by atoms with E-state index in [0.717, 1.165) is 5.56 Å². The van der Waals surface area contributed by atoms with E-state index in [4.69, 9.17) is 0 Å². The molecule has 0 heterocycles. The molecular weight excluding hydrogens is 236 g/mol. The smallest absolute Gasteiger partial charge is 0.178 e. The van der Waals surface area contributed by atoms with Gasteiger partial charge in [-0.1, -0.05) is 26.0 Å². The van der Waals surface area contributed by atoms with Gasteiger partial charge in [0.15, 0.2) is 9.84 Å². The number of aliphatic hydroxyl groups is 1. The van der Waals surface area contributed by atoms with Crippen molar-refractivity contribution in [2.45, 2.75) is 44.1 Å². The van der Waals surface area contributed by atoms with Crippen molar-refractivity contribution >= 4 is 9.84 Å². The van der Waals surface area contributed by atoms with Gasteiger partial charge in [-0.2, -0.15) is 0 Å². The number of rotatable bonds is 5. The Balaban J connectivity index is 2.96. The number of aliphatic hydroxyl groups excluding tert-OH is 1. The summed E-state index contributed by atoms with van der Waals surface area (Å²) in [6.45, 7) is 5.49. The van der Waals surface area contributed by atoms with E-state index < -0.39 is 15.9 Å². The molecule has 0 radical (unpaired) electrons. The van der Waals surface area contributed by atoms with Crippen molar-refractivity contribution in [1.29, 1.82) is 0 Å². The third kappa shape index (κ3) is 3.54. The first-order valence-electron chi connectivity index (χ1n) is 5.89. The second-order valence-corrected chi connectivity index (χ2v) is 6.53. The molecule has 0 amide bonds. The van der Waals surface area contributed by atoms with Crippen molar-refractivity contribution in [3.8, 4) is 0 Å². The van der Waals surface area contributed by atoms with Crippen molar-refractivity contribution in [2.24, 2.45) is 0 Å². The molecular formula is C13H20O3S. The highest BCUT2D eigenvalue weighted by Gasteiger charge is 2.15. The Hall–Kier alpha value is -0.870. The van der Waals surface area contributed by atoms with Gasteiger partial charge in [-0.15, -0.1) is 0 Å². The van der Waals surface area contributed by atoms with Crippen LogP contribution in [0.15, 0.2) is 29.2 Å². The third-order valence-electron chi connectivity index (χ3n) is 2.96. The summed E-state index contributed by atoms with van der Waals surface area (Å²) in [7, 11) is -3.14. The van der Waals surface area contributed by atoms with Crippen LogP contribution in [0.2, 0.25) is 0 Å².